The number of nitrogens with one attached hydrogen (secondary N) is 2. The lowest BCUT2D eigenvalue weighted by Gasteiger charge is -2.03. The summed E-state index contributed by atoms with van der Waals surface area (Å²) in [5, 5.41) is 3.95. The van der Waals surface area contributed by atoms with Crippen molar-refractivity contribution in [2.75, 3.05) is 7.11 Å². The molecule has 0 bridgehead atoms. The number of methoxy groups -OCH3 is 1. The van der Waals surface area contributed by atoms with E-state index in [2.05, 4.69) is 10.3 Å². The van der Waals surface area contributed by atoms with Crippen LogP contribution in [0.3, 0.4) is 0 Å². The predicted octanol–water partition coefficient (Wildman–Crippen LogP) is 2.20. The molecule has 1 amide bonds. The van der Waals surface area contributed by atoms with E-state index >= 15 is 0 Å². The maximum atomic E-state index is 11.2. The Labute approximate surface area is 100.0 Å². The van der Waals surface area contributed by atoms with Gasteiger partial charge in [-0.25, -0.2) is 0 Å². The van der Waals surface area contributed by atoms with Crippen molar-refractivity contribution in [1.29, 1.82) is 0 Å². The molecule has 0 unspecified atom stereocenters. The molecule has 0 aliphatic heterocycles. The monoisotopic (exact) mass is 232 g/mol. The number of aromatic amines is 1. The molecule has 1 aromatic heterocycles. The van der Waals surface area contributed by atoms with Crippen molar-refractivity contribution in [1.82, 2.24) is 10.3 Å². The van der Waals surface area contributed by atoms with Gasteiger partial charge in [-0.05, 0) is 23.8 Å². The molecule has 4 heteroatoms. The Morgan fingerprint density at radius 3 is 3.00 bits per heavy atom. The molecule has 4 nitrogen and oxygen atoms in total. The minimum Gasteiger partial charge on any atom is -0.497 e. The zero-order valence-electron chi connectivity index (χ0n) is 10.0. The summed E-state index contributed by atoms with van der Waals surface area (Å²) in [5.41, 5.74) is 2.12. The molecule has 0 spiro atoms. The molecule has 2 aromatic rings. The normalized spacial score (nSPS) is 10.5. The van der Waals surface area contributed by atoms with Crippen LogP contribution in [0.15, 0.2) is 24.4 Å². The van der Waals surface area contributed by atoms with E-state index in [0.717, 1.165) is 22.2 Å². The number of amides is 1. The van der Waals surface area contributed by atoms with E-state index in [1.807, 2.05) is 31.3 Å². The van der Waals surface area contributed by atoms with Crippen molar-refractivity contribution in [3.8, 4) is 5.75 Å². The molecule has 2 N–H and O–H groups in total. The number of ether oxygens (including phenoxy) is 1. The van der Waals surface area contributed by atoms with Crippen LogP contribution in [0.1, 0.15) is 18.9 Å². The third-order valence-corrected chi connectivity index (χ3v) is 2.77. The molecule has 17 heavy (non-hydrogen) atoms. The van der Waals surface area contributed by atoms with E-state index in [1.54, 1.807) is 7.11 Å². The summed E-state index contributed by atoms with van der Waals surface area (Å²) in [4.78, 5) is 14.4. The van der Waals surface area contributed by atoms with Gasteiger partial charge in [-0.2, -0.15) is 0 Å². The molecule has 1 aromatic carbocycles. The van der Waals surface area contributed by atoms with Crippen molar-refractivity contribution in [3.05, 3.63) is 30.0 Å². The SMILES string of the molecule is CCC(=O)NCc1c[nH]c2ccc(OC)cc12. The van der Waals surface area contributed by atoms with Crippen LogP contribution < -0.4 is 10.1 Å². The molecule has 0 saturated carbocycles. The predicted molar refractivity (Wildman–Crippen MR) is 67.0 cm³/mol. The van der Waals surface area contributed by atoms with Crippen LogP contribution in [-0.4, -0.2) is 18.0 Å². The van der Waals surface area contributed by atoms with Crippen LogP contribution in [0.2, 0.25) is 0 Å². The summed E-state index contributed by atoms with van der Waals surface area (Å²) in [5.74, 6) is 0.877. The summed E-state index contributed by atoms with van der Waals surface area (Å²) in [7, 11) is 1.65. The number of fused-ring (bicyclic) bond motifs is 1. The first-order valence-corrected chi connectivity index (χ1v) is 5.65. The molecule has 1 heterocycles. The van der Waals surface area contributed by atoms with Crippen LogP contribution in [0.25, 0.3) is 10.9 Å². The second-order valence-electron chi connectivity index (χ2n) is 3.86. The molecular formula is C13H16N2O2. The quantitative estimate of drug-likeness (QED) is 0.849. The molecule has 90 valence electrons. The first kappa shape index (κ1) is 11.5. The molecule has 0 aliphatic rings. The van der Waals surface area contributed by atoms with E-state index < -0.39 is 0 Å². The molecular weight excluding hydrogens is 216 g/mol. The van der Waals surface area contributed by atoms with Crippen molar-refractivity contribution >= 4 is 16.8 Å². The van der Waals surface area contributed by atoms with Crippen LogP contribution >= 0.6 is 0 Å². The fraction of sp³-hybridized carbons (Fsp3) is 0.308. The number of hydrogen-bond acceptors (Lipinski definition) is 2. The van der Waals surface area contributed by atoms with Crippen molar-refractivity contribution in [3.63, 3.8) is 0 Å². The zero-order chi connectivity index (χ0) is 12.3. The smallest absolute Gasteiger partial charge is 0.219 e. The fourth-order valence-corrected chi connectivity index (χ4v) is 1.75. The Morgan fingerprint density at radius 1 is 1.47 bits per heavy atom. The fourth-order valence-electron chi connectivity index (χ4n) is 1.75. The standard InChI is InChI=1S/C13H16N2O2/c1-3-13(16)15-8-9-7-14-12-5-4-10(17-2)6-11(9)12/h4-7,14H,3,8H2,1-2H3,(H,15,16). The maximum absolute atomic E-state index is 11.2. The lowest BCUT2D eigenvalue weighted by Crippen LogP contribution is -2.21. The van der Waals surface area contributed by atoms with E-state index in [9.17, 15) is 4.79 Å². The second kappa shape index (κ2) is 4.91. The number of benzene rings is 1. The summed E-state index contributed by atoms with van der Waals surface area (Å²) < 4.78 is 5.19. The van der Waals surface area contributed by atoms with E-state index in [4.69, 9.17) is 4.74 Å². The minimum absolute atomic E-state index is 0.0576. The van der Waals surface area contributed by atoms with Crippen molar-refractivity contribution in [2.45, 2.75) is 19.9 Å². The third kappa shape index (κ3) is 2.41. The topological polar surface area (TPSA) is 54.1 Å². The number of carbonyl (C=O) groups is 1. The molecule has 0 radical (unpaired) electrons. The number of rotatable bonds is 4. The second-order valence-corrected chi connectivity index (χ2v) is 3.86. The van der Waals surface area contributed by atoms with Gasteiger partial charge in [0, 0.05) is 30.1 Å². The first-order chi connectivity index (χ1) is 8.24. The Morgan fingerprint density at radius 2 is 2.29 bits per heavy atom. The molecule has 2 rings (SSSR count). The van der Waals surface area contributed by atoms with Gasteiger partial charge in [-0.1, -0.05) is 6.92 Å². The van der Waals surface area contributed by atoms with Crippen LogP contribution in [-0.2, 0) is 11.3 Å². The van der Waals surface area contributed by atoms with Gasteiger partial charge in [0.15, 0.2) is 0 Å². The highest BCUT2D eigenvalue weighted by Gasteiger charge is 2.06. The Kier molecular flexibility index (Phi) is 3.32. The lowest BCUT2D eigenvalue weighted by atomic mass is 10.1. The summed E-state index contributed by atoms with van der Waals surface area (Å²) in [6, 6.07) is 5.85. The molecule has 0 atom stereocenters. The highest BCUT2D eigenvalue weighted by atomic mass is 16.5. The largest absolute Gasteiger partial charge is 0.497 e. The lowest BCUT2D eigenvalue weighted by molar-refractivity contribution is -0.120. The van der Waals surface area contributed by atoms with Gasteiger partial charge in [0.25, 0.3) is 0 Å². The summed E-state index contributed by atoms with van der Waals surface area (Å²) in [6.07, 6.45) is 2.42. The van der Waals surface area contributed by atoms with Gasteiger partial charge in [0.05, 0.1) is 7.11 Å². The van der Waals surface area contributed by atoms with Gasteiger partial charge in [0.1, 0.15) is 5.75 Å². The number of hydrogen-bond donors (Lipinski definition) is 2. The van der Waals surface area contributed by atoms with E-state index in [0.29, 0.717) is 13.0 Å². The van der Waals surface area contributed by atoms with Gasteiger partial charge >= 0.3 is 0 Å². The van der Waals surface area contributed by atoms with E-state index in [1.165, 1.54) is 0 Å². The number of H-pyrrole nitrogens is 1. The highest BCUT2D eigenvalue weighted by molar-refractivity contribution is 5.85. The molecule has 0 aliphatic carbocycles. The third-order valence-electron chi connectivity index (χ3n) is 2.77. The van der Waals surface area contributed by atoms with Crippen LogP contribution in [0.5, 0.6) is 5.75 Å². The first-order valence-electron chi connectivity index (χ1n) is 5.65. The Bertz CT molecular complexity index is 531. The van der Waals surface area contributed by atoms with E-state index in [-0.39, 0.29) is 5.91 Å². The van der Waals surface area contributed by atoms with Gasteiger partial charge in [-0.3, -0.25) is 4.79 Å². The Hall–Kier alpha value is -1.97. The Balaban J connectivity index is 2.25. The average molecular weight is 232 g/mol. The van der Waals surface area contributed by atoms with Gasteiger partial charge in [0.2, 0.25) is 5.91 Å². The zero-order valence-corrected chi connectivity index (χ0v) is 10.0. The maximum Gasteiger partial charge on any atom is 0.219 e. The van der Waals surface area contributed by atoms with Crippen molar-refractivity contribution < 1.29 is 9.53 Å². The summed E-state index contributed by atoms with van der Waals surface area (Å²) in [6.45, 7) is 2.38. The number of aromatic nitrogens is 1. The van der Waals surface area contributed by atoms with Crippen LogP contribution in [0.4, 0.5) is 0 Å². The molecule has 0 saturated heterocycles. The minimum atomic E-state index is 0.0576. The molecule has 0 fully saturated rings. The van der Waals surface area contributed by atoms with Crippen molar-refractivity contribution in [2.24, 2.45) is 0 Å². The van der Waals surface area contributed by atoms with Crippen LogP contribution in [0, 0.1) is 0 Å². The van der Waals surface area contributed by atoms with Gasteiger partial charge in [-0.15, -0.1) is 0 Å². The summed E-state index contributed by atoms with van der Waals surface area (Å²) >= 11 is 0. The number of carbonyl (C=O) groups excluding carboxylic acids is 1. The van der Waals surface area contributed by atoms with Gasteiger partial charge < -0.3 is 15.0 Å². The highest BCUT2D eigenvalue weighted by Crippen LogP contribution is 2.23. The average Bonchev–Trinajstić information content (AvgIpc) is 2.78.